The maximum absolute atomic E-state index is 13.1. The van der Waals surface area contributed by atoms with Gasteiger partial charge in [0, 0.05) is 12.2 Å². The van der Waals surface area contributed by atoms with Crippen molar-refractivity contribution in [3.8, 4) is 0 Å². The summed E-state index contributed by atoms with van der Waals surface area (Å²) in [4.78, 5) is 19.1. The summed E-state index contributed by atoms with van der Waals surface area (Å²) in [6.07, 6.45) is -3.13. The molecule has 0 spiro atoms. The number of hydrogen-bond donors (Lipinski definition) is 3. The van der Waals surface area contributed by atoms with Crippen LogP contribution in [-0.4, -0.2) is 28.3 Å². The van der Waals surface area contributed by atoms with Crippen molar-refractivity contribution in [1.29, 1.82) is 0 Å². The molecular formula is C19H20F3NO4. The first kappa shape index (κ1) is 23.9. The summed E-state index contributed by atoms with van der Waals surface area (Å²) in [5.74, 6) is -3.96. The fourth-order valence-corrected chi connectivity index (χ4v) is 2.10. The summed E-state index contributed by atoms with van der Waals surface area (Å²) in [6, 6.07) is 16.8. The molecule has 0 fully saturated rings. The molecule has 1 unspecified atom stereocenters. The molecule has 27 heavy (non-hydrogen) atoms. The van der Waals surface area contributed by atoms with Gasteiger partial charge in [-0.15, -0.1) is 0 Å². The third-order valence-electron chi connectivity index (χ3n) is 3.25. The number of rotatable bonds is 5. The first-order chi connectivity index (χ1) is 12.2. The van der Waals surface area contributed by atoms with Crippen LogP contribution in [0.4, 0.5) is 13.2 Å². The molecule has 5 nitrogen and oxygen atoms in total. The predicted molar refractivity (Wildman–Crippen MR) is 94.8 cm³/mol. The van der Waals surface area contributed by atoms with E-state index in [1.165, 1.54) is 12.1 Å². The molecule has 0 aliphatic rings. The Morgan fingerprint density at radius 1 is 0.852 bits per heavy atom. The van der Waals surface area contributed by atoms with Crippen molar-refractivity contribution >= 4 is 11.9 Å². The summed E-state index contributed by atoms with van der Waals surface area (Å²) >= 11 is 0. The van der Waals surface area contributed by atoms with Gasteiger partial charge >= 0.3 is 18.1 Å². The van der Waals surface area contributed by atoms with Crippen LogP contribution < -0.4 is 6.15 Å². The van der Waals surface area contributed by atoms with E-state index < -0.39 is 24.0 Å². The maximum atomic E-state index is 13.1. The van der Waals surface area contributed by atoms with Crippen molar-refractivity contribution in [3.63, 3.8) is 0 Å². The standard InChI is InChI=1S/C15H13F3.C4H4O4.H3N/c16-15(17,18)14(13-9-5-2-6-10-13)11-12-7-3-1-4-8-12;5-3(6)1-2-4(7)8;/h1-10,14H,11H2;1-2H,(H,5,6)(H,7,8);1H3. The second kappa shape index (κ2) is 11.5. The number of halogens is 3. The molecule has 2 rings (SSSR count). The van der Waals surface area contributed by atoms with Crippen molar-refractivity contribution in [2.75, 3.05) is 0 Å². The molecule has 8 heteroatoms. The van der Waals surface area contributed by atoms with Gasteiger partial charge in [-0.2, -0.15) is 13.2 Å². The molecule has 0 amide bonds. The molecular weight excluding hydrogens is 363 g/mol. The molecule has 2 aromatic carbocycles. The maximum Gasteiger partial charge on any atom is 0.396 e. The summed E-state index contributed by atoms with van der Waals surface area (Å²) < 4.78 is 39.3. The summed E-state index contributed by atoms with van der Waals surface area (Å²) in [5.41, 5.74) is 1.01. The van der Waals surface area contributed by atoms with Gasteiger partial charge in [-0.3, -0.25) is 0 Å². The topological polar surface area (TPSA) is 110 Å². The fourth-order valence-electron chi connectivity index (χ4n) is 2.10. The van der Waals surface area contributed by atoms with Crippen molar-refractivity contribution < 1.29 is 33.0 Å². The monoisotopic (exact) mass is 383 g/mol. The highest BCUT2D eigenvalue weighted by Crippen LogP contribution is 2.37. The zero-order valence-electron chi connectivity index (χ0n) is 14.3. The van der Waals surface area contributed by atoms with E-state index in [0.717, 1.165) is 0 Å². The van der Waals surface area contributed by atoms with Crippen LogP contribution in [0.15, 0.2) is 72.8 Å². The Balaban J connectivity index is 0.000000645. The normalized spacial score (nSPS) is 11.7. The van der Waals surface area contributed by atoms with E-state index in [1.54, 1.807) is 48.5 Å². The molecule has 0 bridgehead atoms. The summed E-state index contributed by atoms with van der Waals surface area (Å²) in [5, 5.41) is 15.6. The number of carboxylic acids is 2. The summed E-state index contributed by atoms with van der Waals surface area (Å²) in [7, 11) is 0. The zero-order chi connectivity index (χ0) is 19.6. The Labute approximate surface area is 154 Å². The number of benzene rings is 2. The third kappa shape index (κ3) is 9.81. The lowest BCUT2D eigenvalue weighted by Gasteiger charge is -2.20. The highest BCUT2D eigenvalue weighted by atomic mass is 19.4. The van der Waals surface area contributed by atoms with E-state index in [1.807, 2.05) is 0 Å². The van der Waals surface area contributed by atoms with E-state index in [0.29, 0.717) is 23.3 Å². The molecule has 0 heterocycles. The Hall–Kier alpha value is -3.13. The lowest BCUT2D eigenvalue weighted by Crippen LogP contribution is -2.22. The predicted octanol–water partition coefficient (Wildman–Crippen LogP) is 4.45. The first-order valence-corrected chi connectivity index (χ1v) is 7.49. The number of aliphatic carboxylic acids is 2. The number of carbonyl (C=O) groups is 2. The van der Waals surface area contributed by atoms with Gasteiger partial charge in [-0.05, 0) is 17.5 Å². The minimum Gasteiger partial charge on any atom is -0.478 e. The van der Waals surface area contributed by atoms with Gasteiger partial charge in [0.25, 0.3) is 0 Å². The fraction of sp³-hybridized carbons (Fsp3) is 0.158. The quantitative estimate of drug-likeness (QED) is 0.661. The molecule has 0 aliphatic carbocycles. The van der Waals surface area contributed by atoms with E-state index in [2.05, 4.69) is 0 Å². The SMILES string of the molecule is FC(F)(F)C(Cc1ccccc1)c1ccccc1.N.O=C(O)C=CC(=O)O. The highest BCUT2D eigenvalue weighted by Gasteiger charge is 2.40. The van der Waals surface area contributed by atoms with E-state index >= 15 is 0 Å². The van der Waals surface area contributed by atoms with Crippen molar-refractivity contribution in [3.05, 3.63) is 83.9 Å². The van der Waals surface area contributed by atoms with Crippen LogP contribution in [-0.2, 0) is 16.0 Å². The Morgan fingerprint density at radius 3 is 1.63 bits per heavy atom. The zero-order valence-corrected chi connectivity index (χ0v) is 14.3. The lowest BCUT2D eigenvalue weighted by atomic mass is 9.91. The average Bonchev–Trinajstić information content (AvgIpc) is 2.59. The Morgan fingerprint density at radius 2 is 1.26 bits per heavy atom. The van der Waals surface area contributed by atoms with Crippen LogP contribution in [0.1, 0.15) is 17.0 Å². The van der Waals surface area contributed by atoms with Crippen LogP contribution >= 0.6 is 0 Å². The van der Waals surface area contributed by atoms with E-state index in [4.69, 9.17) is 10.2 Å². The molecule has 0 aliphatic heterocycles. The first-order valence-electron chi connectivity index (χ1n) is 7.49. The molecule has 1 atom stereocenters. The van der Waals surface area contributed by atoms with Crippen molar-refractivity contribution in [1.82, 2.24) is 6.15 Å². The molecule has 0 aromatic heterocycles. The van der Waals surface area contributed by atoms with Gasteiger partial charge in [0.2, 0.25) is 0 Å². The summed E-state index contributed by atoms with van der Waals surface area (Å²) in [6.45, 7) is 0. The van der Waals surface area contributed by atoms with Crippen molar-refractivity contribution in [2.24, 2.45) is 0 Å². The molecule has 0 saturated carbocycles. The van der Waals surface area contributed by atoms with Gasteiger partial charge in [-0.1, -0.05) is 60.7 Å². The van der Waals surface area contributed by atoms with E-state index in [-0.39, 0.29) is 12.6 Å². The molecule has 146 valence electrons. The molecule has 0 saturated heterocycles. The van der Waals surface area contributed by atoms with Gasteiger partial charge in [0.1, 0.15) is 0 Å². The number of carboxylic acid groups (broad SMARTS) is 2. The second-order valence-electron chi connectivity index (χ2n) is 5.20. The third-order valence-corrected chi connectivity index (χ3v) is 3.25. The van der Waals surface area contributed by atoms with Crippen LogP contribution in [0.5, 0.6) is 0 Å². The lowest BCUT2D eigenvalue weighted by molar-refractivity contribution is -0.150. The van der Waals surface area contributed by atoms with Crippen LogP contribution in [0.3, 0.4) is 0 Å². The molecule has 2 aromatic rings. The number of hydrogen-bond acceptors (Lipinski definition) is 3. The largest absolute Gasteiger partial charge is 0.478 e. The van der Waals surface area contributed by atoms with Gasteiger partial charge in [0.15, 0.2) is 0 Å². The average molecular weight is 383 g/mol. The smallest absolute Gasteiger partial charge is 0.396 e. The minimum absolute atomic E-state index is 0. The Bertz CT molecular complexity index is 716. The van der Waals surface area contributed by atoms with Crippen molar-refractivity contribution in [2.45, 2.75) is 18.5 Å². The number of alkyl halides is 3. The second-order valence-corrected chi connectivity index (χ2v) is 5.20. The van der Waals surface area contributed by atoms with Crippen LogP contribution in [0, 0.1) is 0 Å². The van der Waals surface area contributed by atoms with Gasteiger partial charge < -0.3 is 16.4 Å². The van der Waals surface area contributed by atoms with Crippen LogP contribution in [0.2, 0.25) is 0 Å². The molecule has 0 radical (unpaired) electrons. The Kier molecular flexibility index (Phi) is 10.1. The van der Waals surface area contributed by atoms with Gasteiger partial charge in [0.05, 0.1) is 5.92 Å². The van der Waals surface area contributed by atoms with Crippen LogP contribution in [0.25, 0.3) is 0 Å². The van der Waals surface area contributed by atoms with E-state index in [9.17, 15) is 22.8 Å². The minimum atomic E-state index is -4.23. The molecule has 5 N–H and O–H groups in total. The highest BCUT2D eigenvalue weighted by molar-refractivity contribution is 5.89. The van der Waals surface area contributed by atoms with Gasteiger partial charge in [-0.25, -0.2) is 9.59 Å².